The second kappa shape index (κ2) is 7.73. The molecular weight excluding hydrogens is 439 g/mol. The first-order valence-electron chi connectivity index (χ1n) is 9.14. The van der Waals surface area contributed by atoms with E-state index in [1.54, 1.807) is 13.0 Å². The van der Waals surface area contributed by atoms with Crippen LogP contribution in [0, 0.1) is 6.92 Å². The third-order valence-corrected chi connectivity index (χ3v) is 4.72. The predicted octanol–water partition coefficient (Wildman–Crippen LogP) is 3.55. The van der Waals surface area contributed by atoms with E-state index in [0.29, 0.717) is 32.8 Å². The minimum Gasteiger partial charge on any atom is -0.431 e. The molecule has 3 aromatic rings. The number of aryl methyl sites for hydroxylation is 1. The molecule has 8 nitrogen and oxygen atoms in total. The second-order valence-corrected chi connectivity index (χ2v) is 7.03. The number of pyridine rings is 2. The van der Waals surface area contributed by atoms with Crippen molar-refractivity contribution in [1.82, 2.24) is 19.7 Å². The molecule has 2 N–H and O–H groups in total. The molecule has 1 aliphatic rings. The zero-order valence-corrected chi connectivity index (χ0v) is 16.4. The standard InChI is InChI=1S/C19H15F5N6O2/c1-9-2-12(10-3-14(32-18(20)21)16(25)26-4-10)28-13-7-30(17(31)15(9)13)11-5-27-29(6-11)8-19(22,23)24/h2-6,18H,7-8H2,1H3,(H2,25,26). The van der Waals surface area contributed by atoms with Gasteiger partial charge in [-0.1, -0.05) is 0 Å². The molecule has 0 saturated carbocycles. The van der Waals surface area contributed by atoms with Crippen molar-refractivity contribution in [2.24, 2.45) is 0 Å². The minimum absolute atomic E-state index is 0.00332. The van der Waals surface area contributed by atoms with Crippen LogP contribution >= 0.6 is 0 Å². The lowest BCUT2D eigenvalue weighted by Gasteiger charge is -2.12. The van der Waals surface area contributed by atoms with E-state index in [0.717, 1.165) is 6.20 Å². The van der Waals surface area contributed by atoms with Gasteiger partial charge < -0.3 is 10.5 Å². The number of alkyl halides is 5. The van der Waals surface area contributed by atoms with Crippen LogP contribution in [0.15, 0.2) is 30.7 Å². The largest absolute Gasteiger partial charge is 0.431 e. The summed E-state index contributed by atoms with van der Waals surface area (Å²) in [6.45, 7) is -2.70. The average Bonchev–Trinajstić information content (AvgIpc) is 3.26. The number of carbonyl (C=O) groups is 1. The summed E-state index contributed by atoms with van der Waals surface area (Å²) < 4.78 is 68.0. The monoisotopic (exact) mass is 454 g/mol. The minimum atomic E-state index is -4.45. The summed E-state index contributed by atoms with van der Waals surface area (Å²) in [6, 6.07) is 2.84. The number of amides is 1. The molecule has 0 saturated heterocycles. The smallest absolute Gasteiger partial charge is 0.408 e. The molecule has 4 rings (SSSR count). The van der Waals surface area contributed by atoms with Crippen LogP contribution in [-0.4, -0.2) is 38.4 Å². The molecule has 0 aromatic carbocycles. The highest BCUT2D eigenvalue weighted by atomic mass is 19.4. The predicted molar refractivity (Wildman–Crippen MR) is 102 cm³/mol. The Morgan fingerprint density at radius 1 is 1.25 bits per heavy atom. The fourth-order valence-electron chi connectivity index (χ4n) is 3.41. The maximum atomic E-state index is 12.9. The Labute approximate surface area is 177 Å². The summed E-state index contributed by atoms with van der Waals surface area (Å²) >= 11 is 0. The molecule has 32 heavy (non-hydrogen) atoms. The highest BCUT2D eigenvalue weighted by molar-refractivity contribution is 6.10. The van der Waals surface area contributed by atoms with Crippen molar-refractivity contribution in [3.05, 3.63) is 47.5 Å². The molecule has 0 bridgehead atoms. The number of aromatic nitrogens is 4. The molecule has 0 aliphatic carbocycles. The Hall–Kier alpha value is -3.77. The van der Waals surface area contributed by atoms with E-state index in [9.17, 15) is 26.7 Å². The fraction of sp³-hybridized carbons (Fsp3) is 0.263. The SMILES string of the molecule is Cc1cc(-c2cnc(N)c(OC(F)F)c2)nc2c1C(=O)N(c1cnn(CC(F)(F)F)c1)C2. The van der Waals surface area contributed by atoms with Crippen molar-refractivity contribution >= 4 is 17.4 Å². The van der Waals surface area contributed by atoms with Gasteiger partial charge in [0.05, 0.1) is 35.4 Å². The topological polar surface area (TPSA) is 99.2 Å². The first-order valence-corrected chi connectivity index (χ1v) is 9.14. The molecule has 1 amide bonds. The van der Waals surface area contributed by atoms with Gasteiger partial charge in [-0.15, -0.1) is 0 Å². The van der Waals surface area contributed by atoms with Gasteiger partial charge in [-0.05, 0) is 24.6 Å². The molecule has 0 radical (unpaired) electrons. The van der Waals surface area contributed by atoms with Crippen molar-refractivity contribution in [1.29, 1.82) is 0 Å². The zero-order chi connectivity index (χ0) is 23.2. The number of nitrogens with zero attached hydrogens (tertiary/aromatic N) is 5. The number of halogens is 5. The molecule has 0 spiro atoms. The van der Waals surface area contributed by atoms with Gasteiger partial charge >= 0.3 is 12.8 Å². The number of carbonyl (C=O) groups excluding carboxylic acids is 1. The van der Waals surface area contributed by atoms with Gasteiger partial charge in [-0.3, -0.25) is 19.4 Å². The number of fused-ring (bicyclic) bond motifs is 1. The fourth-order valence-corrected chi connectivity index (χ4v) is 3.41. The molecule has 3 aromatic heterocycles. The number of anilines is 2. The quantitative estimate of drug-likeness (QED) is 0.592. The lowest BCUT2D eigenvalue weighted by molar-refractivity contribution is -0.142. The van der Waals surface area contributed by atoms with Gasteiger partial charge in [0.2, 0.25) is 0 Å². The van der Waals surface area contributed by atoms with E-state index < -0.39 is 25.2 Å². The van der Waals surface area contributed by atoms with E-state index in [4.69, 9.17) is 5.73 Å². The van der Waals surface area contributed by atoms with E-state index in [-0.39, 0.29) is 23.8 Å². The molecule has 13 heteroatoms. The lowest BCUT2D eigenvalue weighted by atomic mass is 10.0. The zero-order valence-electron chi connectivity index (χ0n) is 16.4. The van der Waals surface area contributed by atoms with Gasteiger partial charge in [0.1, 0.15) is 6.54 Å². The van der Waals surface area contributed by atoms with Crippen molar-refractivity contribution in [3.8, 4) is 17.0 Å². The van der Waals surface area contributed by atoms with Crippen molar-refractivity contribution in [2.75, 3.05) is 10.6 Å². The first-order chi connectivity index (χ1) is 15.0. The number of nitrogen functional groups attached to an aromatic ring is 1. The van der Waals surface area contributed by atoms with E-state index in [2.05, 4.69) is 19.8 Å². The molecule has 0 atom stereocenters. The first kappa shape index (κ1) is 21.5. The number of nitrogens with two attached hydrogens (primary N) is 1. The Bertz CT molecular complexity index is 1190. The summed E-state index contributed by atoms with van der Waals surface area (Å²) in [5.74, 6) is -0.961. The number of hydrogen-bond acceptors (Lipinski definition) is 6. The molecule has 0 fully saturated rings. The van der Waals surface area contributed by atoms with Gasteiger partial charge in [-0.25, -0.2) is 4.98 Å². The van der Waals surface area contributed by atoms with Crippen LogP contribution in [0.5, 0.6) is 5.75 Å². The Morgan fingerprint density at radius 3 is 2.69 bits per heavy atom. The molecule has 168 valence electrons. The van der Waals surface area contributed by atoms with Crippen molar-refractivity contribution < 1.29 is 31.5 Å². The highest BCUT2D eigenvalue weighted by Crippen LogP contribution is 2.33. The van der Waals surface area contributed by atoms with Crippen molar-refractivity contribution in [3.63, 3.8) is 0 Å². The van der Waals surface area contributed by atoms with Crippen LogP contribution in [0.1, 0.15) is 21.6 Å². The van der Waals surface area contributed by atoms with E-state index in [1.165, 1.54) is 23.4 Å². The maximum absolute atomic E-state index is 12.9. The van der Waals surface area contributed by atoms with Crippen LogP contribution in [-0.2, 0) is 13.1 Å². The maximum Gasteiger partial charge on any atom is 0.408 e. The van der Waals surface area contributed by atoms with Crippen molar-refractivity contribution in [2.45, 2.75) is 32.8 Å². The number of rotatable bonds is 5. The summed E-state index contributed by atoms with van der Waals surface area (Å²) in [6.07, 6.45) is -0.819. The second-order valence-electron chi connectivity index (χ2n) is 7.03. The summed E-state index contributed by atoms with van der Waals surface area (Å²) in [5.41, 5.74) is 7.67. The van der Waals surface area contributed by atoms with Gasteiger partial charge in [0.15, 0.2) is 11.6 Å². The Kier molecular flexibility index (Phi) is 5.18. The van der Waals surface area contributed by atoms with Crippen LogP contribution in [0.2, 0.25) is 0 Å². The summed E-state index contributed by atoms with van der Waals surface area (Å²) in [5, 5.41) is 3.66. The summed E-state index contributed by atoms with van der Waals surface area (Å²) in [7, 11) is 0. The summed E-state index contributed by atoms with van der Waals surface area (Å²) in [4.78, 5) is 22.4. The van der Waals surface area contributed by atoms with Crippen LogP contribution < -0.4 is 15.4 Å². The normalized spacial score (nSPS) is 13.7. The number of ether oxygens (including phenoxy) is 1. The van der Waals surface area contributed by atoms with Crippen LogP contribution in [0.25, 0.3) is 11.3 Å². The third-order valence-electron chi connectivity index (χ3n) is 4.72. The molecule has 1 aliphatic heterocycles. The average molecular weight is 454 g/mol. The van der Waals surface area contributed by atoms with Gasteiger partial charge in [-0.2, -0.15) is 27.1 Å². The van der Waals surface area contributed by atoms with E-state index >= 15 is 0 Å². The van der Waals surface area contributed by atoms with Crippen LogP contribution in [0.3, 0.4) is 0 Å². The Balaban J connectivity index is 1.65. The third kappa shape index (κ3) is 4.18. The molecule has 4 heterocycles. The van der Waals surface area contributed by atoms with Crippen LogP contribution in [0.4, 0.5) is 33.5 Å². The Morgan fingerprint density at radius 2 is 2.00 bits per heavy atom. The van der Waals surface area contributed by atoms with Gasteiger partial charge in [0, 0.05) is 18.0 Å². The number of hydrogen-bond donors (Lipinski definition) is 1. The van der Waals surface area contributed by atoms with Gasteiger partial charge in [0.25, 0.3) is 5.91 Å². The highest BCUT2D eigenvalue weighted by Gasteiger charge is 2.34. The molecular formula is C19H15F5N6O2. The molecule has 0 unspecified atom stereocenters. The van der Waals surface area contributed by atoms with E-state index in [1.807, 2.05) is 0 Å². The lowest BCUT2D eigenvalue weighted by Crippen LogP contribution is -2.23.